The molecule has 0 heterocycles. The van der Waals surface area contributed by atoms with E-state index in [-0.39, 0.29) is 6.04 Å². The Labute approximate surface area is 115 Å². The Bertz CT molecular complexity index is 431. The molecule has 0 bridgehead atoms. The Morgan fingerprint density at radius 1 is 1.42 bits per heavy atom. The Morgan fingerprint density at radius 3 is 2.84 bits per heavy atom. The summed E-state index contributed by atoms with van der Waals surface area (Å²) in [5.41, 5.74) is 2.80. The van der Waals surface area contributed by atoms with Crippen LogP contribution in [0.1, 0.15) is 43.7 Å². The Hall–Kier alpha value is -1.35. The van der Waals surface area contributed by atoms with E-state index >= 15 is 0 Å². The molecule has 0 fully saturated rings. The van der Waals surface area contributed by atoms with Gasteiger partial charge in [0.2, 0.25) is 0 Å². The summed E-state index contributed by atoms with van der Waals surface area (Å²) in [4.78, 5) is 11.2. The van der Waals surface area contributed by atoms with Gasteiger partial charge in [-0.25, -0.2) is 0 Å². The number of rotatable bonds is 5. The quantitative estimate of drug-likeness (QED) is 0.801. The molecule has 0 saturated heterocycles. The van der Waals surface area contributed by atoms with Gasteiger partial charge >= 0.3 is 5.97 Å². The fourth-order valence-corrected chi connectivity index (χ4v) is 2.90. The van der Waals surface area contributed by atoms with Gasteiger partial charge in [0.1, 0.15) is 6.04 Å². The maximum Gasteiger partial charge on any atom is 0.320 e. The molecule has 1 aromatic carbocycles. The van der Waals surface area contributed by atoms with Crippen LogP contribution < -0.4 is 5.32 Å². The second-order valence-electron chi connectivity index (χ2n) is 5.41. The molecular formula is C16H23NO2. The predicted molar refractivity (Wildman–Crippen MR) is 76.3 cm³/mol. The number of nitrogens with one attached hydrogen (secondary N) is 1. The molecule has 19 heavy (non-hydrogen) atoms. The molecule has 0 amide bonds. The van der Waals surface area contributed by atoms with E-state index in [4.69, 9.17) is 0 Å². The van der Waals surface area contributed by atoms with Gasteiger partial charge in [0.05, 0.1) is 0 Å². The van der Waals surface area contributed by atoms with E-state index in [1.54, 1.807) is 0 Å². The van der Waals surface area contributed by atoms with Crippen molar-refractivity contribution in [3.8, 4) is 0 Å². The third-order valence-corrected chi connectivity index (χ3v) is 3.90. The number of aliphatic carboxylic acids is 1. The maximum atomic E-state index is 11.2. The van der Waals surface area contributed by atoms with E-state index in [0.29, 0.717) is 6.42 Å². The zero-order chi connectivity index (χ0) is 13.7. The van der Waals surface area contributed by atoms with E-state index in [2.05, 4.69) is 29.6 Å². The minimum atomic E-state index is -0.723. The third kappa shape index (κ3) is 3.80. The van der Waals surface area contributed by atoms with E-state index < -0.39 is 12.0 Å². The van der Waals surface area contributed by atoms with Crippen LogP contribution in [0.5, 0.6) is 0 Å². The van der Waals surface area contributed by atoms with Crippen molar-refractivity contribution in [2.24, 2.45) is 0 Å². The molecule has 0 aromatic heterocycles. The van der Waals surface area contributed by atoms with Crippen molar-refractivity contribution in [1.29, 1.82) is 0 Å². The standard InChI is InChI=1S/C16H23NO2/c1-2-6-15(16(18)19)17-14-10-5-9-12-7-3-4-8-13(12)11-14/h3-4,7-8,14-15,17H,2,5-6,9-11H2,1H3,(H,18,19). The summed E-state index contributed by atoms with van der Waals surface area (Å²) < 4.78 is 0. The van der Waals surface area contributed by atoms with Crippen LogP contribution in [-0.4, -0.2) is 23.2 Å². The van der Waals surface area contributed by atoms with Crippen LogP contribution >= 0.6 is 0 Å². The molecule has 0 saturated carbocycles. The van der Waals surface area contributed by atoms with Crippen LogP contribution in [0, 0.1) is 0 Å². The zero-order valence-electron chi connectivity index (χ0n) is 11.6. The number of carboxylic acid groups (broad SMARTS) is 1. The van der Waals surface area contributed by atoms with Gasteiger partial charge in [-0.2, -0.15) is 0 Å². The largest absolute Gasteiger partial charge is 0.480 e. The molecule has 2 atom stereocenters. The fraction of sp³-hybridized carbons (Fsp3) is 0.562. The van der Waals surface area contributed by atoms with Crippen LogP contribution in [0.4, 0.5) is 0 Å². The van der Waals surface area contributed by atoms with Crippen molar-refractivity contribution >= 4 is 5.97 Å². The lowest BCUT2D eigenvalue weighted by Crippen LogP contribution is -2.44. The molecule has 104 valence electrons. The van der Waals surface area contributed by atoms with Crippen molar-refractivity contribution in [3.05, 3.63) is 35.4 Å². The molecule has 2 unspecified atom stereocenters. The van der Waals surface area contributed by atoms with Gasteiger partial charge in [0.25, 0.3) is 0 Å². The normalized spacial score (nSPS) is 20.4. The second-order valence-corrected chi connectivity index (χ2v) is 5.41. The first-order valence-corrected chi connectivity index (χ1v) is 7.26. The first-order valence-electron chi connectivity index (χ1n) is 7.26. The molecule has 1 aromatic rings. The van der Waals surface area contributed by atoms with E-state index in [9.17, 15) is 9.90 Å². The van der Waals surface area contributed by atoms with Gasteiger partial charge in [-0.05, 0) is 43.2 Å². The summed E-state index contributed by atoms with van der Waals surface area (Å²) in [5.74, 6) is -0.723. The average molecular weight is 261 g/mol. The minimum Gasteiger partial charge on any atom is -0.480 e. The number of aryl methyl sites for hydroxylation is 1. The van der Waals surface area contributed by atoms with E-state index in [1.807, 2.05) is 6.92 Å². The van der Waals surface area contributed by atoms with Crippen molar-refractivity contribution in [2.75, 3.05) is 0 Å². The van der Waals surface area contributed by atoms with Crippen LogP contribution in [-0.2, 0) is 17.6 Å². The molecule has 0 radical (unpaired) electrons. The topological polar surface area (TPSA) is 49.3 Å². The summed E-state index contributed by atoms with van der Waals surface area (Å²) in [7, 11) is 0. The van der Waals surface area contributed by atoms with Crippen molar-refractivity contribution in [2.45, 2.75) is 57.5 Å². The van der Waals surface area contributed by atoms with Crippen LogP contribution in [0.25, 0.3) is 0 Å². The smallest absolute Gasteiger partial charge is 0.320 e. The number of carbonyl (C=O) groups is 1. The van der Waals surface area contributed by atoms with Crippen molar-refractivity contribution in [3.63, 3.8) is 0 Å². The monoisotopic (exact) mass is 261 g/mol. The fourth-order valence-electron chi connectivity index (χ4n) is 2.90. The number of fused-ring (bicyclic) bond motifs is 1. The Kier molecular flexibility index (Phi) is 4.97. The van der Waals surface area contributed by atoms with E-state index in [0.717, 1.165) is 32.1 Å². The van der Waals surface area contributed by atoms with Gasteiger partial charge in [-0.3, -0.25) is 4.79 Å². The highest BCUT2D eigenvalue weighted by atomic mass is 16.4. The lowest BCUT2D eigenvalue weighted by atomic mass is 10.0. The number of hydrogen-bond acceptors (Lipinski definition) is 2. The molecule has 3 heteroatoms. The highest BCUT2D eigenvalue weighted by Crippen LogP contribution is 2.21. The van der Waals surface area contributed by atoms with Crippen LogP contribution in [0.3, 0.4) is 0 Å². The summed E-state index contributed by atoms with van der Waals surface area (Å²) in [6, 6.07) is 8.41. The number of hydrogen-bond donors (Lipinski definition) is 2. The van der Waals surface area contributed by atoms with E-state index in [1.165, 1.54) is 11.1 Å². The lowest BCUT2D eigenvalue weighted by Gasteiger charge is -2.22. The first kappa shape index (κ1) is 14.1. The van der Waals surface area contributed by atoms with Crippen LogP contribution in [0.15, 0.2) is 24.3 Å². The Balaban J connectivity index is 2.03. The van der Waals surface area contributed by atoms with Gasteiger partial charge in [-0.1, -0.05) is 37.6 Å². The molecule has 1 aliphatic carbocycles. The summed E-state index contributed by atoms with van der Waals surface area (Å²) >= 11 is 0. The van der Waals surface area contributed by atoms with Crippen molar-refractivity contribution < 1.29 is 9.90 Å². The van der Waals surface area contributed by atoms with Gasteiger partial charge < -0.3 is 10.4 Å². The minimum absolute atomic E-state index is 0.288. The summed E-state index contributed by atoms with van der Waals surface area (Å²) in [6.45, 7) is 2.03. The van der Waals surface area contributed by atoms with Gasteiger partial charge in [-0.15, -0.1) is 0 Å². The molecular weight excluding hydrogens is 238 g/mol. The SMILES string of the molecule is CCCC(NC1CCCc2ccccc2C1)C(=O)O. The molecule has 2 rings (SSSR count). The average Bonchev–Trinajstić information content (AvgIpc) is 2.59. The highest BCUT2D eigenvalue weighted by Gasteiger charge is 2.22. The van der Waals surface area contributed by atoms with Crippen molar-refractivity contribution in [1.82, 2.24) is 5.32 Å². The predicted octanol–water partition coefficient (Wildman–Crippen LogP) is 2.78. The summed E-state index contributed by atoms with van der Waals surface area (Å²) in [5, 5.41) is 12.6. The third-order valence-electron chi connectivity index (χ3n) is 3.90. The maximum absolute atomic E-state index is 11.2. The zero-order valence-corrected chi connectivity index (χ0v) is 11.6. The molecule has 3 nitrogen and oxygen atoms in total. The summed E-state index contributed by atoms with van der Waals surface area (Å²) in [6.07, 6.45) is 5.85. The number of benzene rings is 1. The first-order chi connectivity index (χ1) is 9.20. The second kappa shape index (κ2) is 6.71. The highest BCUT2D eigenvalue weighted by molar-refractivity contribution is 5.73. The molecule has 0 aliphatic heterocycles. The van der Waals surface area contributed by atoms with Crippen LogP contribution in [0.2, 0.25) is 0 Å². The van der Waals surface area contributed by atoms with Gasteiger partial charge in [0, 0.05) is 6.04 Å². The molecule has 1 aliphatic rings. The lowest BCUT2D eigenvalue weighted by molar-refractivity contribution is -0.139. The number of carboxylic acids is 1. The van der Waals surface area contributed by atoms with Gasteiger partial charge in [0.15, 0.2) is 0 Å². The Morgan fingerprint density at radius 2 is 2.16 bits per heavy atom. The molecule has 2 N–H and O–H groups in total. The molecule has 0 spiro atoms.